The van der Waals surface area contributed by atoms with Crippen LogP contribution in [0, 0.1) is 12.7 Å². The van der Waals surface area contributed by atoms with Crippen molar-refractivity contribution in [1.29, 1.82) is 0 Å². The van der Waals surface area contributed by atoms with E-state index in [0.717, 1.165) is 13.1 Å². The molecule has 0 fully saturated rings. The van der Waals surface area contributed by atoms with Gasteiger partial charge in [-0.25, -0.2) is 9.37 Å². The second-order valence-corrected chi connectivity index (χ2v) is 11.0. The standard InChI is InChI=1S/C32H27F5N4O5S/c1-15-41-28(17-6-8-24-25(11-17)46-32(36,37)45-24)29(44-15)20-9-16(18-10-22(33)21(14-42)26(12-18)47-4)5-7-19(20)23(39-2)13-27(38)31(34,35)30(43)40-3/h5-13,42H,14,38H2,1-4H3,(H,40,43). The van der Waals surface area contributed by atoms with Crippen LogP contribution in [0.5, 0.6) is 11.5 Å². The first kappa shape index (κ1) is 33.5. The Morgan fingerprint density at radius 1 is 1.11 bits per heavy atom. The van der Waals surface area contributed by atoms with Crippen LogP contribution >= 0.6 is 11.8 Å². The van der Waals surface area contributed by atoms with Gasteiger partial charge in [-0.05, 0) is 59.9 Å². The summed E-state index contributed by atoms with van der Waals surface area (Å²) >= 11 is 1.23. The van der Waals surface area contributed by atoms with Gasteiger partial charge in [-0.1, -0.05) is 12.1 Å². The Hall–Kier alpha value is -4.89. The summed E-state index contributed by atoms with van der Waals surface area (Å²) in [6.45, 7) is 1.03. The molecule has 47 heavy (non-hydrogen) atoms. The highest BCUT2D eigenvalue weighted by atomic mass is 32.2. The number of amides is 1. The van der Waals surface area contributed by atoms with E-state index in [0.29, 0.717) is 16.0 Å². The van der Waals surface area contributed by atoms with Crippen molar-refractivity contribution in [3.63, 3.8) is 0 Å². The monoisotopic (exact) mass is 674 g/mol. The van der Waals surface area contributed by atoms with Crippen molar-refractivity contribution < 1.29 is 45.7 Å². The zero-order valence-electron chi connectivity index (χ0n) is 25.3. The van der Waals surface area contributed by atoms with Crippen molar-refractivity contribution in [3.05, 3.63) is 83.1 Å². The number of oxazole rings is 1. The van der Waals surface area contributed by atoms with Crippen LogP contribution < -0.4 is 20.5 Å². The minimum absolute atomic E-state index is 0.0775. The number of allylic oxidation sites excluding steroid dienone is 1. The number of fused-ring (bicyclic) bond motifs is 1. The fourth-order valence-electron chi connectivity index (χ4n) is 4.94. The molecule has 5 rings (SSSR count). The van der Waals surface area contributed by atoms with Crippen LogP contribution in [0.1, 0.15) is 17.0 Å². The van der Waals surface area contributed by atoms with E-state index in [-0.39, 0.29) is 56.8 Å². The summed E-state index contributed by atoms with van der Waals surface area (Å²) in [4.78, 5) is 20.9. The molecule has 0 saturated carbocycles. The molecule has 3 aromatic carbocycles. The smallest absolute Gasteiger partial charge is 0.440 e. The molecule has 1 aliphatic heterocycles. The first-order chi connectivity index (χ1) is 22.2. The molecule has 2 heterocycles. The molecule has 1 aliphatic rings. The van der Waals surface area contributed by atoms with Crippen molar-refractivity contribution in [3.8, 4) is 45.2 Å². The lowest BCUT2D eigenvalue weighted by molar-refractivity contribution is -0.286. The molecule has 0 bridgehead atoms. The number of nitrogens with two attached hydrogens (primary N) is 1. The Morgan fingerprint density at radius 3 is 2.47 bits per heavy atom. The largest absolute Gasteiger partial charge is 0.586 e. The molecule has 0 atom stereocenters. The number of nitrogens with one attached hydrogen (secondary N) is 1. The Kier molecular flexibility index (Phi) is 9.06. The lowest BCUT2D eigenvalue weighted by Crippen LogP contribution is -2.42. The van der Waals surface area contributed by atoms with Crippen LogP contribution in [0.3, 0.4) is 0 Å². The number of aryl methyl sites for hydroxylation is 1. The maximum absolute atomic E-state index is 15.0. The zero-order chi connectivity index (χ0) is 34.3. The molecule has 15 heteroatoms. The van der Waals surface area contributed by atoms with Crippen molar-refractivity contribution in [2.24, 2.45) is 10.7 Å². The number of nitrogens with zero attached hydrogens (tertiary/aromatic N) is 2. The third-order valence-corrected chi connectivity index (χ3v) is 8.03. The lowest BCUT2D eigenvalue weighted by Gasteiger charge is -2.17. The summed E-state index contributed by atoms with van der Waals surface area (Å²) in [5, 5.41) is 11.5. The van der Waals surface area contributed by atoms with Crippen molar-refractivity contribution in [2.75, 3.05) is 20.4 Å². The third kappa shape index (κ3) is 6.40. The van der Waals surface area contributed by atoms with Gasteiger partial charge in [0.1, 0.15) is 11.5 Å². The summed E-state index contributed by atoms with van der Waals surface area (Å²) in [7, 11) is 2.37. The summed E-state index contributed by atoms with van der Waals surface area (Å²) in [6, 6.07) is 11.6. The fourth-order valence-corrected chi connectivity index (χ4v) is 5.59. The molecule has 1 amide bonds. The van der Waals surface area contributed by atoms with Gasteiger partial charge in [-0.15, -0.1) is 20.5 Å². The van der Waals surface area contributed by atoms with E-state index in [1.54, 1.807) is 31.4 Å². The first-order valence-electron chi connectivity index (χ1n) is 13.8. The summed E-state index contributed by atoms with van der Waals surface area (Å²) in [5.74, 6) is -6.55. The van der Waals surface area contributed by atoms with E-state index >= 15 is 4.39 Å². The Morgan fingerprint density at radius 2 is 1.81 bits per heavy atom. The van der Waals surface area contributed by atoms with Gasteiger partial charge in [0.05, 0.1) is 18.0 Å². The van der Waals surface area contributed by atoms with Crippen LogP contribution in [0.25, 0.3) is 33.7 Å². The van der Waals surface area contributed by atoms with Gasteiger partial charge in [0.2, 0.25) is 0 Å². The number of rotatable bonds is 9. The number of aliphatic imine (C=N–C) groups is 1. The molecule has 246 valence electrons. The molecule has 4 N–H and O–H groups in total. The van der Waals surface area contributed by atoms with Gasteiger partial charge in [-0.2, -0.15) is 8.78 Å². The third-order valence-electron chi connectivity index (χ3n) is 7.22. The molecule has 4 aromatic rings. The minimum atomic E-state index is -4.08. The number of aliphatic hydroxyl groups is 1. The maximum Gasteiger partial charge on any atom is 0.586 e. The molecular formula is C32H27F5N4O5S. The summed E-state index contributed by atoms with van der Waals surface area (Å²) < 4.78 is 87.2. The SMILES string of the molecule is CN=C(C=C(N)C(F)(F)C(=O)NC)c1ccc(-c2cc(F)c(CO)c(SC)c2)cc1-c1oc(C)nc1-c1ccc2c(c1)OC(F)(F)O2. The van der Waals surface area contributed by atoms with Gasteiger partial charge < -0.3 is 30.0 Å². The fraction of sp³-hybridized carbons (Fsp3) is 0.219. The van der Waals surface area contributed by atoms with E-state index < -0.39 is 36.2 Å². The highest BCUT2D eigenvalue weighted by molar-refractivity contribution is 7.98. The molecular weight excluding hydrogens is 647 g/mol. The number of carbonyl (C=O) groups is 1. The highest BCUT2D eigenvalue weighted by Crippen LogP contribution is 2.45. The highest BCUT2D eigenvalue weighted by Gasteiger charge is 2.44. The van der Waals surface area contributed by atoms with E-state index in [9.17, 15) is 27.5 Å². The van der Waals surface area contributed by atoms with Crippen LogP contribution in [0.15, 0.2) is 74.6 Å². The summed E-state index contributed by atoms with van der Waals surface area (Å²) in [5.41, 5.74) is 6.41. The van der Waals surface area contributed by atoms with Crippen molar-refractivity contribution in [2.45, 2.75) is 30.6 Å². The van der Waals surface area contributed by atoms with Gasteiger partial charge >= 0.3 is 12.2 Å². The van der Waals surface area contributed by atoms with Crippen molar-refractivity contribution in [1.82, 2.24) is 10.3 Å². The number of aliphatic hydroxyl groups excluding tert-OH is 1. The Balaban J connectivity index is 1.74. The lowest BCUT2D eigenvalue weighted by atomic mass is 9.92. The van der Waals surface area contributed by atoms with Gasteiger partial charge in [0.15, 0.2) is 23.1 Å². The number of benzene rings is 3. The van der Waals surface area contributed by atoms with E-state index in [4.69, 9.17) is 10.2 Å². The average Bonchev–Trinajstić information content (AvgIpc) is 3.59. The van der Waals surface area contributed by atoms with E-state index in [1.165, 1.54) is 49.1 Å². The van der Waals surface area contributed by atoms with Gasteiger partial charge in [0.25, 0.3) is 5.91 Å². The van der Waals surface area contributed by atoms with Crippen LogP contribution in [0.4, 0.5) is 22.0 Å². The molecule has 1 aromatic heterocycles. The second kappa shape index (κ2) is 12.7. The number of carbonyl (C=O) groups excluding carboxylic acids is 1. The van der Waals surface area contributed by atoms with Crippen molar-refractivity contribution >= 4 is 23.4 Å². The average molecular weight is 675 g/mol. The number of aromatic nitrogens is 1. The number of thioether (sulfide) groups is 1. The van der Waals surface area contributed by atoms with Crippen LogP contribution in [-0.4, -0.2) is 54.3 Å². The molecule has 0 saturated heterocycles. The number of hydrogen-bond donors (Lipinski definition) is 3. The predicted octanol–water partition coefficient (Wildman–Crippen LogP) is 6.30. The zero-order valence-corrected chi connectivity index (χ0v) is 26.1. The van der Waals surface area contributed by atoms with Gasteiger partial charge in [0, 0.05) is 48.2 Å². The van der Waals surface area contributed by atoms with Crippen LogP contribution in [-0.2, 0) is 11.4 Å². The van der Waals surface area contributed by atoms with Gasteiger partial charge in [-0.3, -0.25) is 9.79 Å². The molecule has 0 unspecified atom stereocenters. The second-order valence-electron chi connectivity index (χ2n) is 10.2. The molecule has 0 radical (unpaired) electrons. The number of alkyl halides is 4. The first-order valence-corrected chi connectivity index (χ1v) is 15.0. The number of ether oxygens (including phenoxy) is 2. The Labute approximate surface area is 269 Å². The summed E-state index contributed by atoms with van der Waals surface area (Å²) in [6.07, 6.45) is -1.29. The minimum Gasteiger partial charge on any atom is -0.440 e. The number of hydrogen-bond acceptors (Lipinski definition) is 9. The number of halogens is 5. The predicted molar refractivity (Wildman–Crippen MR) is 165 cm³/mol. The van der Waals surface area contributed by atoms with E-state index in [1.807, 2.05) is 5.32 Å². The maximum atomic E-state index is 15.0. The van der Waals surface area contributed by atoms with E-state index in [2.05, 4.69) is 19.5 Å². The quantitative estimate of drug-likeness (QED) is 0.107. The topological polar surface area (TPSA) is 132 Å². The molecule has 0 spiro atoms. The molecule has 9 nitrogen and oxygen atoms in total. The Bertz CT molecular complexity index is 1940. The normalized spacial score (nSPS) is 14.4. The van der Waals surface area contributed by atoms with Crippen LogP contribution in [0.2, 0.25) is 0 Å². The molecule has 0 aliphatic carbocycles.